The van der Waals surface area contributed by atoms with Gasteiger partial charge in [0.25, 0.3) is 0 Å². The van der Waals surface area contributed by atoms with Gasteiger partial charge in [-0.1, -0.05) is 44.0 Å². The van der Waals surface area contributed by atoms with Crippen molar-refractivity contribution in [2.75, 3.05) is 0 Å². The van der Waals surface area contributed by atoms with Crippen LogP contribution >= 0.6 is 0 Å². The van der Waals surface area contributed by atoms with Gasteiger partial charge >= 0.3 is 0 Å². The number of allylic oxidation sites excluding steroid dienone is 5. The van der Waals surface area contributed by atoms with Crippen molar-refractivity contribution in [2.45, 2.75) is 0 Å². The lowest BCUT2D eigenvalue weighted by atomic mass is 10.3. The molecule has 0 N–H and O–H groups in total. The highest BCUT2D eigenvalue weighted by atomic mass is 13.8. The smallest absolute Gasteiger partial charge is 0.0335 e. The zero-order valence-corrected chi connectivity index (χ0v) is 4.93. The van der Waals surface area contributed by atoms with E-state index in [1.165, 1.54) is 0 Å². The molecular formula is C8H10. The molecule has 0 saturated carbocycles. The molecule has 0 unspecified atom stereocenters. The molecule has 0 aromatic rings. The summed E-state index contributed by atoms with van der Waals surface area (Å²) < 4.78 is 0. The Morgan fingerprint density at radius 2 is 1.88 bits per heavy atom. The van der Waals surface area contributed by atoms with E-state index in [0.29, 0.717) is 0 Å². The summed E-state index contributed by atoms with van der Waals surface area (Å²) in [5.41, 5.74) is 0.907. The molecule has 0 nitrogen and oxygen atoms in total. The van der Waals surface area contributed by atoms with Crippen molar-refractivity contribution in [1.82, 2.24) is 0 Å². The van der Waals surface area contributed by atoms with E-state index in [2.05, 4.69) is 19.7 Å². The lowest BCUT2D eigenvalue weighted by Crippen LogP contribution is -1.59. The second-order valence-electron chi connectivity index (χ2n) is 1.37. The minimum Gasteiger partial charge on any atom is -0.0991 e. The Bertz CT molecular complexity index is 127. The molecule has 0 aliphatic carbocycles. The first-order valence-corrected chi connectivity index (χ1v) is 2.41. The highest BCUT2D eigenvalue weighted by molar-refractivity contribution is 5.27. The van der Waals surface area contributed by atoms with Gasteiger partial charge in [-0.2, -0.15) is 0 Å². The van der Waals surface area contributed by atoms with Gasteiger partial charge < -0.3 is 0 Å². The molecule has 0 aliphatic heterocycles. The first kappa shape index (κ1) is 6.96. The first-order valence-electron chi connectivity index (χ1n) is 2.41. The van der Waals surface area contributed by atoms with Crippen molar-refractivity contribution in [3.63, 3.8) is 0 Å². The van der Waals surface area contributed by atoms with Crippen LogP contribution in [0.15, 0.2) is 49.6 Å². The SMILES string of the molecule is C=CC=CC(=C)C=C. The summed E-state index contributed by atoms with van der Waals surface area (Å²) in [5, 5.41) is 0. The predicted octanol–water partition coefficient (Wildman–Crippen LogP) is 2.47. The van der Waals surface area contributed by atoms with Gasteiger partial charge in [0, 0.05) is 0 Å². The van der Waals surface area contributed by atoms with E-state index in [4.69, 9.17) is 0 Å². The summed E-state index contributed by atoms with van der Waals surface area (Å²) >= 11 is 0. The summed E-state index contributed by atoms with van der Waals surface area (Å²) in [7, 11) is 0. The molecule has 42 valence electrons. The normalized spacial score (nSPS) is 9.00. The molecule has 0 amide bonds. The second kappa shape index (κ2) is 4.13. The van der Waals surface area contributed by atoms with E-state index < -0.39 is 0 Å². The van der Waals surface area contributed by atoms with Gasteiger partial charge in [-0.25, -0.2) is 0 Å². The summed E-state index contributed by atoms with van der Waals surface area (Å²) in [6.07, 6.45) is 7.07. The Labute approximate surface area is 50.5 Å². The Morgan fingerprint density at radius 3 is 2.25 bits per heavy atom. The molecule has 0 aromatic heterocycles. The third-order valence-electron chi connectivity index (χ3n) is 0.709. The third kappa shape index (κ3) is 3.16. The van der Waals surface area contributed by atoms with Crippen molar-refractivity contribution in [1.29, 1.82) is 0 Å². The molecule has 0 saturated heterocycles. The molecular weight excluding hydrogens is 96.1 g/mol. The molecule has 0 spiro atoms. The Morgan fingerprint density at radius 1 is 1.25 bits per heavy atom. The summed E-state index contributed by atoms with van der Waals surface area (Å²) in [4.78, 5) is 0. The van der Waals surface area contributed by atoms with Gasteiger partial charge in [-0.3, -0.25) is 0 Å². The van der Waals surface area contributed by atoms with Gasteiger partial charge in [0.2, 0.25) is 0 Å². The van der Waals surface area contributed by atoms with Gasteiger partial charge in [0.15, 0.2) is 0 Å². The van der Waals surface area contributed by atoms with Crippen LogP contribution in [0.1, 0.15) is 0 Å². The monoisotopic (exact) mass is 106 g/mol. The molecule has 0 heteroatoms. The van der Waals surface area contributed by atoms with Crippen LogP contribution in [-0.4, -0.2) is 0 Å². The topological polar surface area (TPSA) is 0 Å². The standard InChI is InChI=1S/C8H10/c1-4-6-7-8(3)5-2/h4-7H,1-3H2. The average Bonchev–Trinajstić information content (AvgIpc) is 1.83. The van der Waals surface area contributed by atoms with Crippen molar-refractivity contribution in [3.8, 4) is 0 Å². The minimum atomic E-state index is 0.907. The van der Waals surface area contributed by atoms with Crippen LogP contribution in [0, 0.1) is 0 Å². The fourth-order valence-electron chi connectivity index (χ4n) is 0.260. The highest BCUT2D eigenvalue weighted by Crippen LogP contribution is 1.91. The third-order valence-corrected chi connectivity index (χ3v) is 0.709. The molecule has 8 heavy (non-hydrogen) atoms. The molecule has 0 heterocycles. The zero-order chi connectivity index (χ0) is 6.41. The summed E-state index contributed by atoms with van der Waals surface area (Å²) in [6.45, 7) is 10.7. The predicted molar refractivity (Wildman–Crippen MR) is 38.7 cm³/mol. The van der Waals surface area contributed by atoms with Gasteiger partial charge in [0.05, 0.1) is 0 Å². The Kier molecular flexibility index (Phi) is 3.59. The van der Waals surface area contributed by atoms with E-state index in [0.717, 1.165) is 5.57 Å². The van der Waals surface area contributed by atoms with Crippen molar-refractivity contribution < 1.29 is 0 Å². The fraction of sp³-hybridized carbons (Fsp3) is 0. The molecule has 0 radical (unpaired) electrons. The Hall–Kier alpha value is -1.04. The van der Waals surface area contributed by atoms with Gasteiger partial charge in [0.1, 0.15) is 0 Å². The van der Waals surface area contributed by atoms with E-state index >= 15 is 0 Å². The summed E-state index contributed by atoms with van der Waals surface area (Å²) in [5.74, 6) is 0. The van der Waals surface area contributed by atoms with E-state index in [1.54, 1.807) is 12.2 Å². The maximum atomic E-state index is 3.66. The van der Waals surface area contributed by atoms with Crippen LogP contribution in [0.25, 0.3) is 0 Å². The van der Waals surface area contributed by atoms with E-state index in [9.17, 15) is 0 Å². The van der Waals surface area contributed by atoms with Gasteiger partial charge in [-0.05, 0) is 5.57 Å². The van der Waals surface area contributed by atoms with Crippen molar-refractivity contribution >= 4 is 0 Å². The van der Waals surface area contributed by atoms with Crippen LogP contribution in [0.5, 0.6) is 0 Å². The van der Waals surface area contributed by atoms with Crippen molar-refractivity contribution in [3.05, 3.63) is 49.6 Å². The summed E-state index contributed by atoms with van der Waals surface area (Å²) in [6, 6.07) is 0. The van der Waals surface area contributed by atoms with Crippen LogP contribution in [0.4, 0.5) is 0 Å². The van der Waals surface area contributed by atoms with Crippen LogP contribution in [-0.2, 0) is 0 Å². The molecule has 0 aliphatic rings. The molecule has 0 atom stereocenters. The number of hydrogen-bond acceptors (Lipinski definition) is 0. The fourth-order valence-corrected chi connectivity index (χ4v) is 0.260. The van der Waals surface area contributed by atoms with E-state index in [1.807, 2.05) is 12.2 Å². The van der Waals surface area contributed by atoms with Crippen molar-refractivity contribution in [2.24, 2.45) is 0 Å². The number of rotatable bonds is 3. The zero-order valence-electron chi connectivity index (χ0n) is 4.93. The lowest BCUT2D eigenvalue weighted by molar-refractivity contribution is 1.76. The molecule has 0 fully saturated rings. The first-order chi connectivity index (χ1) is 3.81. The van der Waals surface area contributed by atoms with Crippen LogP contribution in [0.2, 0.25) is 0 Å². The van der Waals surface area contributed by atoms with Crippen LogP contribution < -0.4 is 0 Å². The van der Waals surface area contributed by atoms with E-state index in [-0.39, 0.29) is 0 Å². The largest absolute Gasteiger partial charge is 0.0991 e. The Balaban J connectivity index is 3.69. The average molecular weight is 106 g/mol. The maximum Gasteiger partial charge on any atom is -0.0335 e. The quantitative estimate of drug-likeness (QED) is 0.485. The maximum absolute atomic E-state index is 3.66. The highest BCUT2D eigenvalue weighted by Gasteiger charge is 1.70. The number of hydrogen-bond donors (Lipinski definition) is 0. The molecule has 0 aromatic carbocycles. The molecule has 0 rings (SSSR count). The molecule has 0 bridgehead atoms. The second-order valence-corrected chi connectivity index (χ2v) is 1.37. The minimum absolute atomic E-state index is 0.907. The lowest BCUT2D eigenvalue weighted by Gasteiger charge is -1.80. The van der Waals surface area contributed by atoms with Gasteiger partial charge in [-0.15, -0.1) is 0 Å². The van der Waals surface area contributed by atoms with Crippen LogP contribution in [0.3, 0.4) is 0 Å².